The molecule has 4 N–H and O–H groups in total. The van der Waals surface area contributed by atoms with Crippen molar-refractivity contribution in [2.75, 3.05) is 10.9 Å². The van der Waals surface area contributed by atoms with Gasteiger partial charge in [-0.25, -0.2) is 9.13 Å². The van der Waals surface area contributed by atoms with Crippen LogP contribution in [0.5, 0.6) is 0 Å². The summed E-state index contributed by atoms with van der Waals surface area (Å²) in [6.45, 7) is 1.50. The first-order chi connectivity index (χ1) is 18.7. The molecule has 0 atom stereocenters. The third kappa shape index (κ3) is 8.12. The van der Waals surface area contributed by atoms with Crippen LogP contribution >= 0.6 is 23.5 Å². The molecule has 38 heavy (non-hydrogen) atoms. The summed E-state index contributed by atoms with van der Waals surface area (Å²) in [5.41, 5.74) is 12.5. The lowest BCUT2D eigenvalue weighted by Gasteiger charge is -2.09. The maximum atomic E-state index is 10.6. The molecule has 10 heteroatoms. The molecule has 0 fully saturated rings. The number of hydrogen-bond donors (Lipinski definition) is 4. The normalized spacial score (nSPS) is 10.6. The highest BCUT2D eigenvalue weighted by Crippen LogP contribution is 2.33. The summed E-state index contributed by atoms with van der Waals surface area (Å²) in [6, 6.07) is 23.8. The molecule has 0 aliphatic heterocycles. The molecule has 8 nitrogen and oxygen atoms in total. The van der Waals surface area contributed by atoms with E-state index in [-0.39, 0.29) is 0 Å². The number of carbonyl (C=O) groups is 2. The Morgan fingerprint density at radius 2 is 1.05 bits per heavy atom. The van der Waals surface area contributed by atoms with Crippen molar-refractivity contribution < 1.29 is 18.7 Å². The van der Waals surface area contributed by atoms with Gasteiger partial charge in [0.2, 0.25) is 12.8 Å². The van der Waals surface area contributed by atoms with Gasteiger partial charge in [0.05, 0.1) is 21.2 Å². The van der Waals surface area contributed by atoms with Crippen LogP contribution in [0.25, 0.3) is 0 Å². The van der Waals surface area contributed by atoms with Crippen LogP contribution in [0.2, 0.25) is 0 Å². The second-order valence-corrected chi connectivity index (χ2v) is 10.1. The number of pyridine rings is 2. The minimum Gasteiger partial charge on any atom is -0.298 e. The number of amides is 2. The molecular weight excluding hydrogens is 516 g/mol. The summed E-state index contributed by atoms with van der Waals surface area (Å²) in [7, 11) is 0. The maximum absolute atomic E-state index is 10.6. The lowest BCUT2D eigenvalue weighted by atomic mass is 10.3. The number of anilines is 2. The van der Waals surface area contributed by atoms with Crippen molar-refractivity contribution in [3.63, 3.8) is 0 Å². The zero-order valence-corrected chi connectivity index (χ0v) is 22.1. The van der Waals surface area contributed by atoms with Crippen LogP contribution in [0.4, 0.5) is 11.4 Å². The molecule has 2 heterocycles. The van der Waals surface area contributed by atoms with Crippen molar-refractivity contribution in [2.45, 2.75) is 32.7 Å². The number of nitrogens with one attached hydrogen (secondary N) is 4. The molecule has 0 bridgehead atoms. The van der Waals surface area contributed by atoms with Crippen LogP contribution in [-0.2, 0) is 22.7 Å². The lowest BCUT2D eigenvalue weighted by molar-refractivity contribution is -0.692. The number of rotatable bonds is 14. The van der Waals surface area contributed by atoms with Crippen molar-refractivity contribution >= 4 is 47.7 Å². The van der Waals surface area contributed by atoms with Gasteiger partial charge in [0.25, 0.3) is 0 Å². The van der Waals surface area contributed by atoms with Gasteiger partial charge in [0, 0.05) is 21.9 Å². The largest absolute Gasteiger partial charge is 0.298 e. The summed E-state index contributed by atoms with van der Waals surface area (Å²) in [4.78, 5) is 25.5. The summed E-state index contributed by atoms with van der Waals surface area (Å²) in [5, 5.41) is 0. The number of hydrazine groups is 2. The Kier molecular flexibility index (Phi) is 10.2. The van der Waals surface area contributed by atoms with E-state index in [4.69, 9.17) is 0 Å². The fraction of sp³-hybridized carbons (Fsp3) is 0.0714. The summed E-state index contributed by atoms with van der Waals surface area (Å²) < 4.78 is 4.26. The van der Waals surface area contributed by atoms with Crippen molar-refractivity contribution in [3.8, 4) is 0 Å². The molecule has 0 aliphatic rings. The highest BCUT2D eigenvalue weighted by Gasteiger charge is 2.09. The quantitative estimate of drug-likeness (QED) is 0.0832. The summed E-state index contributed by atoms with van der Waals surface area (Å²) in [5.74, 6) is 0. The van der Waals surface area contributed by atoms with Gasteiger partial charge in [-0.3, -0.25) is 31.3 Å². The highest BCUT2D eigenvalue weighted by atomic mass is 32.2. The molecule has 4 rings (SSSR count). The van der Waals surface area contributed by atoms with Crippen molar-refractivity contribution in [3.05, 3.63) is 110 Å². The Hall–Kier alpha value is -4.28. The van der Waals surface area contributed by atoms with Gasteiger partial charge in [-0.1, -0.05) is 47.8 Å². The van der Waals surface area contributed by atoms with Gasteiger partial charge < -0.3 is 0 Å². The van der Waals surface area contributed by atoms with Crippen LogP contribution in [-0.4, -0.2) is 12.8 Å². The first-order valence-electron chi connectivity index (χ1n) is 11.8. The monoisotopic (exact) mass is 544 g/mol. The predicted octanol–water partition coefficient (Wildman–Crippen LogP) is 3.97. The molecule has 2 aromatic carbocycles. The van der Waals surface area contributed by atoms with Crippen molar-refractivity contribution in [2.24, 2.45) is 0 Å². The van der Waals surface area contributed by atoms with E-state index in [1.54, 1.807) is 23.5 Å². The Morgan fingerprint density at radius 3 is 1.50 bits per heavy atom. The molecule has 4 aromatic rings. The van der Waals surface area contributed by atoms with Crippen LogP contribution in [0.1, 0.15) is 0 Å². The van der Waals surface area contributed by atoms with E-state index in [0.717, 1.165) is 44.0 Å². The average Bonchev–Trinajstić information content (AvgIpc) is 2.95. The molecule has 0 saturated carbocycles. The first kappa shape index (κ1) is 26.8. The number of allylic oxidation sites excluding steroid dienone is 2. The molecule has 0 aliphatic carbocycles. The van der Waals surface area contributed by atoms with Crippen LogP contribution in [0.15, 0.2) is 129 Å². The summed E-state index contributed by atoms with van der Waals surface area (Å²) in [6.07, 6.45) is 13.8. The molecule has 2 amide bonds. The SMILES string of the molecule is O=CNNc1ccccc1Sc1ccc[n+](CC=CC[n+]2cccc(Sc3ccccc3NNC=O)c2)c1. The maximum Gasteiger partial charge on any atom is 0.225 e. The van der Waals surface area contributed by atoms with E-state index in [1.807, 2.05) is 73.1 Å². The Bertz CT molecular complexity index is 1290. The van der Waals surface area contributed by atoms with Gasteiger partial charge in [0.15, 0.2) is 37.9 Å². The van der Waals surface area contributed by atoms with E-state index in [0.29, 0.717) is 12.8 Å². The number of aromatic nitrogens is 2. The van der Waals surface area contributed by atoms with Crippen molar-refractivity contribution in [1.82, 2.24) is 10.9 Å². The van der Waals surface area contributed by atoms with E-state index in [2.05, 4.69) is 67.5 Å². The van der Waals surface area contributed by atoms with Gasteiger partial charge in [-0.05, 0) is 48.6 Å². The van der Waals surface area contributed by atoms with Crippen LogP contribution in [0.3, 0.4) is 0 Å². The lowest BCUT2D eigenvalue weighted by Crippen LogP contribution is -2.33. The van der Waals surface area contributed by atoms with Crippen molar-refractivity contribution in [1.29, 1.82) is 0 Å². The third-order valence-electron chi connectivity index (χ3n) is 5.22. The number of hydrogen-bond acceptors (Lipinski definition) is 6. The molecule has 0 radical (unpaired) electrons. The Balaban J connectivity index is 1.34. The molecule has 2 aromatic heterocycles. The fourth-order valence-electron chi connectivity index (χ4n) is 3.52. The van der Waals surface area contributed by atoms with Gasteiger partial charge in [-0.2, -0.15) is 0 Å². The molecule has 192 valence electrons. The van der Waals surface area contributed by atoms with Gasteiger partial charge in [-0.15, -0.1) is 0 Å². The second-order valence-electron chi connectivity index (χ2n) is 7.92. The number of carbonyl (C=O) groups excluding carboxylic acids is 2. The fourth-order valence-corrected chi connectivity index (χ4v) is 5.45. The van der Waals surface area contributed by atoms with Gasteiger partial charge >= 0.3 is 0 Å². The average molecular weight is 545 g/mol. The Labute approximate surface area is 230 Å². The first-order valence-corrected chi connectivity index (χ1v) is 13.5. The van der Waals surface area contributed by atoms with Gasteiger partial charge in [0.1, 0.15) is 0 Å². The topological polar surface area (TPSA) is 90.0 Å². The number of nitrogens with zero attached hydrogens (tertiary/aromatic N) is 2. The van der Waals surface area contributed by atoms with E-state index < -0.39 is 0 Å². The minimum absolute atomic E-state index is 0.615. The molecule has 0 spiro atoms. The highest BCUT2D eigenvalue weighted by molar-refractivity contribution is 7.99. The van der Waals surface area contributed by atoms with E-state index in [9.17, 15) is 9.59 Å². The zero-order valence-electron chi connectivity index (χ0n) is 20.5. The minimum atomic E-state index is 0.615. The number of para-hydroxylation sites is 2. The second kappa shape index (κ2) is 14.5. The van der Waals surface area contributed by atoms with Crippen LogP contribution < -0.4 is 30.8 Å². The third-order valence-corrected chi connectivity index (χ3v) is 7.33. The zero-order chi connectivity index (χ0) is 26.4. The van der Waals surface area contributed by atoms with E-state index >= 15 is 0 Å². The predicted molar refractivity (Wildman–Crippen MR) is 149 cm³/mol. The molecular formula is C28H28N6O2S2+2. The number of benzene rings is 2. The smallest absolute Gasteiger partial charge is 0.225 e. The molecule has 0 saturated heterocycles. The Morgan fingerprint density at radius 1 is 0.605 bits per heavy atom. The van der Waals surface area contributed by atoms with E-state index in [1.165, 1.54) is 0 Å². The standard InChI is InChI=1S/C28H26N6O2S2/c35-21-29-31-25-11-1-3-13-27(25)37-23-9-7-17-33(19-23)15-5-6-16-34-18-8-10-24(20-34)38-28-14-4-2-12-26(28)32-30-22-36/h1-14,17-22,31-32H,15-16H2/p+2. The molecule has 0 unspecified atom stereocenters. The van der Waals surface area contributed by atoms with Crippen LogP contribution in [0, 0.1) is 0 Å². The summed E-state index contributed by atoms with van der Waals surface area (Å²) >= 11 is 3.25.